The summed E-state index contributed by atoms with van der Waals surface area (Å²) in [6, 6.07) is 15.1. The summed E-state index contributed by atoms with van der Waals surface area (Å²) < 4.78 is 0. The first kappa shape index (κ1) is 9.60. The molecule has 0 N–H and O–H groups in total. The summed E-state index contributed by atoms with van der Waals surface area (Å²) in [5.41, 5.74) is 0. The molecule has 72 valence electrons. The lowest BCUT2D eigenvalue weighted by Crippen LogP contribution is -1.86. The maximum atomic E-state index is 2.23. The zero-order valence-corrected chi connectivity index (χ0v) is 9.34. The molecular weight excluding hydrogens is 188 g/mol. The first-order valence-electron chi connectivity index (χ1n) is 4.92. The Hall–Kier alpha value is -0.950. The summed E-state index contributed by atoms with van der Waals surface area (Å²) >= 11 is 1.93. The predicted molar refractivity (Wildman–Crippen MR) is 64.9 cm³/mol. The van der Waals surface area contributed by atoms with Gasteiger partial charge < -0.3 is 0 Å². The van der Waals surface area contributed by atoms with Gasteiger partial charge in [0.2, 0.25) is 0 Å². The van der Waals surface area contributed by atoms with E-state index in [0.717, 1.165) is 0 Å². The highest BCUT2D eigenvalue weighted by molar-refractivity contribution is 8.00. The third-order valence-corrected chi connectivity index (χ3v) is 3.19. The van der Waals surface area contributed by atoms with Crippen LogP contribution >= 0.6 is 11.8 Å². The zero-order valence-electron chi connectivity index (χ0n) is 8.53. The standard InChI is InChI=1S/C13H14S/c1-10(2)14-13-9-5-7-11-6-3-4-8-12(11)13/h3-10H,1-2H3. The molecular formula is C13H14S. The van der Waals surface area contributed by atoms with E-state index in [0.29, 0.717) is 5.25 Å². The number of fused-ring (bicyclic) bond motifs is 1. The van der Waals surface area contributed by atoms with Crippen molar-refractivity contribution in [2.45, 2.75) is 24.0 Å². The molecule has 1 heteroatoms. The van der Waals surface area contributed by atoms with Crippen molar-refractivity contribution in [2.75, 3.05) is 0 Å². The van der Waals surface area contributed by atoms with E-state index in [1.807, 2.05) is 11.8 Å². The molecule has 2 rings (SSSR count). The number of hydrogen-bond donors (Lipinski definition) is 0. The Kier molecular flexibility index (Phi) is 2.78. The van der Waals surface area contributed by atoms with Crippen LogP contribution in [-0.4, -0.2) is 5.25 Å². The van der Waals surface area contributed by atoms with Gasteiger partial charge in [-0.2, -0.15) is 0 Å². The minimum absolute atomic E-state index is 0.640. The van der Waals surface area contributed by atoms with Crippen LogP contribution in [-0.2, 0) is 0 Å². The second kappa shape index (κ2) is 4.05. The average Bonchev–Trinajstić information content (AvgIpc) is 2.18. The predicted octanol–water partition coefficient (Wildman–Crippen LogP) is 4.34. The zero-order chi connectivity index (χ0) is 9.97. The van der Waals surface area contributed by atoms with Crippen LogP contribution in [0.2, 0.25) is 0 Å². The van der Waals surface area contributed by atoms with Crippen molar-refractivity contribution < 1.29 is 0 Å². The fraction of sp³-hybridized carbons (Fsp3) is 0.231. The number of rotatable bonds is 2. The van der Waals surface area contributed by atoms with Crippen molar-refractivity contribution in [3.63, 3.8) is 0 Å². The summed E-state index contributed by atoms with van der Waals surface area (Å²) in [4.78, 5) is 1.39. The Balaban J connectivity index is 2.53. The third kappa shape index (κ3) is 1.93. The van der Waals surface area contributed by atoms with E-state index in [-0.39, 0.29) is 0 Å². The molecule has 0 unspecified atom stereocenters. The van der Waals surface area contributed by atoms with Crippen LogP contribution in [0.25, 0.3) is 10.8 Å². The maximum absolute atomic E-state index is 2.23. The Morgan fingerprint density at radius 2 is 1.64 bits per heavy atom. The Morgan fingerprint density at radius 1 is 0.929 bits per heavy atom. The van der Waals surface area contributed by atoms with Gasteiger partial charge in [0, 0.05) is 10.1 Å². The fourth-order valence-corrected chi connectivity index (χ4v) is 2.53. The van der Waals surface area contributed by atoms with Crippen LogP contribution in [0.1, 0.15) is 13.8 Å². The normalized spacial score (nSPS) is 11.1. The Morgan fingerprint density at radius 3 is 2.43 bits per heavy atom. The molecule has 0 heterocycles. The molecule has 0 aliphatic heterocycles. The molecule has 0 amide bonds. The smallest absolute Gasteiger partial charge is 0.0153 e. The summed E-state index contributed by atoms with van der Waals surface area (Å²) in [6.45, 7) is 4.46. The number of benzene rings is 2. The minimum Gasteiger partial charge on any atom is -0.123 e. The number of thioether (sulfide) groups is 1. The lowest BCUT2D eigenvalue weighted by atomic mass is 10.1. The van der Waals surface area contributed by atoms with E-state index >= 15 is 0 Å². The first-order valence-corrected chi connectivity index (χ1v) is 5.80. The van der Waals surface area contributed by atoms with Gasteiger partial charge in [-0.1, -0.05) is 50.2 Å². The monoisotopic (exact) mass is 202 g/mol. The third-order valence-electron chi connectivity index (χ3n) is 2.11. The highest BCUT2D eigenvalue weighted by atomic mass is 32.2. The lowest BCUT2D eigenvalue weighted by Gasteiger charge is -2.08. The van der Waals surface area contributed by atoms with E-state index in [4.69, 9.17) is 0 Å². The molecule has 0 aliphatic carbocycles. The molecule has 2 aromatic carbocycles. The van der Waals surface area contributed by atoms with Crippen molar-refractivity contribution in [1.29, 1.82) is 0 Å². The van der Waals surface area contributed by atoms with E-state index in [1.54, 1.807) is 0 Å². The SMILES string of the molecule is CC(C)Sc1cccc2ccccc12. The van der Waals surface area contributed by atoms with E-state index in [9.17, 15) is 0 Å². The van der Waals surface area contributed by atoms with Gasteiger partial charge in [0.1, 0.15) is 0 Å². The first-order chi connectivity index (χ1) is 6.77. The second-order valence-corrected chi connectivity index (χ2v) is 5.26. The Bertz CT molecular complexity index is 427. The van der Waals surface area contributed by atoms with E-state index < -0.39 is 0 Å². The van der Waals surface area contributed by atoms with Gasteiger partial charge in [0.15, 0.2) is 0 Å². The van der Waals surface area contributed by atoms with Crippen LogP contribution in [0.15, 0.2) is 47.4 Å². The second-order valence-electron chi connectivity index (χ2n) is 3.64. The molecule has 0 radical (unpaired) electrons. The minimum atomic E-state index is 0.640. The van der Waals surface area contributed by atoms with Gasteiger partial charge in [-0.15, -0.1) is 11.8 Å². The molecule has 0 nitrogen and oxygen atoms in total. The van der Waals surface area contributed by atoms with Gasteiger partial charge in [-0.3, -0.25) is 0 Å². The van der Waals surface area contributed by atoms with Gasteiger partial charge in [0.05, 0.1) is 0 Å². The van der Waals surface area contributed by atoms with Gasteiger partial charge in [0.25, 0.3) is 0 Å². The van der Waals surface area contributed by atoms with Crippen LogP contribution in [0.5, 0.6) is 0 Å². The quantitative estimate of drug-likeness (QED) is 0.653. The van der Waals surface area contributed by atoms with Gasteiger partial charge in [-0.05, 0) is 16.8 Å². The van der Waals surface area contributed by atoms with E-state index in [2.05, 4.69) is 56.3 Å². The molecule has 0 spiro atoms. The average molecular weight is 202 g/mol. The van der Waals surface area contributed by atoms with Gasteiger partial charge in [-0.25, -0.2) is 0 Å². The Labute approximate surface area is 89.3 Å². The van der Waals surface area contributed by atoms with Crippen LogP contribution in [0.3, 0.4) is 0 Å². The molecule has 0 atom stereocenters. The molecule has 0 bridgehead atoms. The highest BCUT2D eigenvalue weighted by Crippen LogP contribution is 2.30. The summed E-state index contributed by atoms with van der Waals surface area (Å²) in [6.07, 6.45) is 0. The molecule has 0 aromatic heterocycles. The number of hydrogen-bond acceptors (Lipinski definition) is 1. The van der Waals surface area contributed by atoms with Crippen molar-refractivity contribution in [2.24, 2.45) is 0 Å². The topological polar surface area (TPSA) is 0 Å². The molecule has 0 fully saturated rings. The van der Waals surface area contributed by atoms with Crippen LogP contribution in [0.4, 0.5) is 0 Å². The maximum Gasteiger partial charge on any atom is 0.0153 e. The molecule has 2 aromatic rings. The van der Waals surface area contributed by atoms with Crippen molar-refractivity contribution in [3.8, 4) is 0 Å². The van der Waals surface area contributed by atoms with Gasteiger partial charge >= 0.3 is 0 Å². The van der Waals surface area contributed by atoms with Crippen LogP contribution < -0.4 is 0 Å². The van der Waals surface area contributed by atoms with Crippen molar-refractivity contribution in [3.05, 3.63) is 42.5 Å². The largest absolute Gasteiger partial charge is 0.123 e. The molecule has 0 saturated carbocycles. The van der Waals surface area contributed by atoms with Crippen molar-refractivity contribution in [1.82, 2.24) is 0 Å². The summed E-state index contributed by atoms with van der Waals surface area (Å²) in [7, 11) is 0. The molecule has 0 aliphatic rings. The lowest BCUT2D eigenvalue weighted by molar-refractivity contribution is 1.11. The van der Waals surface area contributed by atoms with Crippen molar-refractivity contribution >= 4 is 22.5 Å². The summed E-state index contributed by atoms with van der Waals surface area (Å²) in [5, 5.41) is 3.34. The molecule has 0 saturated heterocycles. The summed E-state index contributed by atoms with van der Waals surface area (Å²) in [5.74, 6) is 0. The van der Waals surface area contributed by atoms with E-state index in [1.165, 1.54) is 15.7 Å². The highest BCUT2D eigenvalue weighted by Gasteiger charge is 2.02. The molecule has 14 heavy (non-hydrogen) atoms. The van der Waals surface area contributed by atoms with Crippen LogP contribution in [0, 0.1) is 0 Å². The fourth-order valence-electron chi connectivity index (χ4n) is 1.55.